The number of nitrogens with zero attached hydrogens (tertiary/aromatic N) is 2. The first-order chi connectivity index (χ1) is 9.32. The monoisotopic (exact) mass is 281 g/mol. The molecule has 110 valence electrons. The summed E-state index contributed by atoms with van der Waals surface area (Å²) in [6.45, 7) is 2.67. The molecular formula is C13H19N3O4. The van der Waals surface area contributed by atoms with Gasteiger partial charge in [-0.15, -0.1) is 0 Å². The molecule has 7 nitrogen and oxygen atoms in total. The number of nitrogens with one attached hydrogen (secondary N) is 1. The van der Waals surface area contributed by atoms with Crippen LogP contribution in [0.2, 0.25) is 0 Å². The van der Waals surface area contributed by atoms with Crippen molar-refractivity contribution in [2.75, 3.05) is 26.0 Å². The molecule has 0 saturated carbocycles. The maximum absolute atomic E-state index is 11.2. The molecule has 2 N–H and O–H groups in total. The number of nitro benzene ring substituents is 1. The number of benzene rings is 1. The quantitative estimate of drug-likeness (QED) is 0.586. The lowest BCUT2D eigenvalue weighted by atomic mass is 10.1. The third kappa shape index (κ3) is 4.20. The molecule has 0 aromatic heterocycles. The first-order valence-corrected chi connectivity index (χ1v) is 6.25. The van der Waals surface area contributed by atoms with E-state index in [1.807, 2.05) is 25.9 Å². The smallest absolute Gasteiger partial charge is 0.338 e. The molecule has 0 aliphatic rings. The first kappa shape index (κ1) is 15.9. The number of carbonyl (C=O) groups is 1. The van der Waals surface area contributed by atoms with Gasteiger partial charge in [-0.2, -0.15) is 0 Å². The Labute approximate surface area is 117 Å². The maximum atomic E-state index is 11.2. The minimum atomic E-state index is -1.18. The Morgan fingerprint density at radius 1 is 1.50 bits per heavy atom. The van der Waals surface area contributed by atoms with Crippen LogP contribution in [0.1, 0.15) is 23.7 Å². The van der Waals surface area contributed by atoms with Crippen LogP contribution in [0, 0.1) is 10.1 Å². The zero-order chi connectivity index (χ0) is 15.3. The van der Waals surface area contributed by atoms with E-state index in [0.717, 1.165) is 13.0 Å². The van der Waals surface area contributed by atoms with E-state index >= 15 is 0 Å². The van der Waals surface area contributed by atoms with Gasteiger partial charge in [0.1, 0.15) is 5.69 Å². The highest BCUT2D eigenvalue weighted by Gasteiger charge is 2.22. The molecule has 1 unspecified atom stereocenters. The summed E-state index contributed by atoms with van der Waals surface area (Å²) in [5.74, 6) is -1.18. The van der Waals surface area contributed by atoms with E-state index in [4.69, 9.17) is 5.11 Å². The highest BCUT2D eigenvalue weighted by Crippen LogP contribution is 2.29. The Morgan fingerprint density at radius 3 is 2.65 bits per heavy atom. The van der Waals surface area contributed by atoms with Crippen molar-refractivity contribution in [3.05, 3.63) is 33.9 Å². The third-order valence-corrected chi connectivity index (χ3v) is 2.87. The number of hydrogen-bond donors (Lipinski definition) is 2. The molecule has 0 heterocycles. The van der Waals surface area contributed by atoms with E-state index in [9.17, 15) is 14.9 Å². The Balaban J connectivity index is 3.01. The fourth-order valence-electron chi connectivity index (χ4n) is 1.79. The maximum Gasteiger partial charge on any atom is 0.338 e. The van der Waals surface area contributed by atoms with Crippen molar-refractivity contribution in [2.24, 2.45) is 0 Å². The Bertz CT molecular complexity index is 470. The van der Waals surface area contributed by atoms with Crippen LogP contribution in [0.5, 0.6) is 0 Å². The highest BCUT2D eigenvalue weighted by atomic mass is 16.6. The fourth-order valence-corrected chi connectivity index (χ4v) is 1.79. The largest absolute Gasteiger partial charge is 0.478 e. The average molecular weight is 281 g/mol. The first-order valence-electron chi connectivity index (χ1n) is 6.25. The molecule has 1 rings (SSSR count). The number of aromatic carboxylic acids is 1. The molecule has 0 bridgehead atoms. The van der Waals surface area contributed by atoms with Crippen molar-refractivity contribution in [1.29, 1.82) is 0 Å². The summed E-state index contributed by atoms with van der Waals surface area (Å²) in [4.78, 5) is 23.6. The normalized spacial score (nSPS) is 12.2. The summed E-state index contributed by atoms with van der Waals surface area (Å²) in [5, 5.41) is 23.1. The van der Waals surface area contributed by atoms with Gasteiger partial charge < -0.3 is 15.3 Å². The molecule has 0 amide bonds. The second kappa shape index (κ2) is 6.85. The van der Waals surface area contributed by atoms with E-state index < -0.39 is 10.9 Å². The predicted octanol–water partition coefficient (Wildman–Crippen LogP) is 2.05. The van der Waals surface area contributed by atoms with Gasteiger partial charge in [0.25, 0.3) is 5.69 Å². The van der Waals surface area contributed by atoms with Crippen LogP contribution in [-0.2, 0) is 0 Å². The number of anilines is 1. The lowest BCUT2D eigenvalue weighted by Crippen LogP contribution is -2.24. The van der Waals surface area contributed by atoms with E-state index in [2.05, 4.69) is 5.32 Å². The SMILES string of the molecule is CC(CCN(C)C)Nc1c(C(=O)O)cccc1[N+](=O)[O-]. The average Bonchev–Trinajstić information content (AvgIpc) is 2.36. The molecule has 1 aromatic carbocycles. The molecule has 0 aliphatic carbocycles. The summed E-state index contributed by atoms with van der Waals surface area (Å²) < 4.78 is 0. The molecule has 0 aliphatic heterocycles. The summed E-state index contributed by atoms with van der Waals surface area (Å²) in [7, 11) is 3.86. The second-order valence-corrected chi connectivity index (χ2v) is 4.90. The van der Waals surface area contributed by atoms with Crippen molar-refractivity contribution in [3.63, 3.8) is 0 Å². The molecular weight excluding hydrogens is 262 g/mol. The molecule has 0 saturated heterocycles. The second-order valence-electron chi connectivity index (χ2n) is 4.90. The number of carboxylic acid groups (broad SMARTS) is 1. The van der Waals surface area contributed by atoms with Gasteiger partial charge in [0.15, 0.2) is 0 Å². The van der Waals surface area contributed by atoms with Crippen molar-refractivity contribution < 1.29 is 14.8 Å². The summed E-state index contributed by atoms with van der Waals surface area (Å²) >= 11 is 0. The minimum absolute atomic E-state index is 0.0660. The van der Waals surface area contributed by atoms with E-state index in [0.29, 0.717) is 0 Å². The van der Waals surface area contributed by atoms with Gasteiger partial charge >= 0.3 is 5.97 Å². The molecule has 0 radical (unpaired) electrons. The van der Waals surface area contributed by atoms with E-state index in [-0.39, 0.29) is 23.0 Å². The molecule has 0 spiro atoms. The molecule has 1 aromatic rings. The van der Waals surface area contributed by atoms with Gasteiger partial charge in [-0.1, -0.05) is 6.07 Å². The van der Waals surface area contributed by atoms with Gasteiger partial charge in [-0.05, 0) is 40.1 Å². The van der Waals surface area contributed by atoms with E-state index in [1.165, 1.54) is 18.2 Å². The lowest BCUT2D eigenvalue weighted by Gasteiger charge is -2.18. The summed E-state index contributed by atoms with van der Waals surface area (Å²) in [6, 6.07) is 3.96. The van der Waals surface area contributed by atoms with E-state index in [1.54, 1.807) is 0 Å². The van der Waals surface area contributed by atoms with Crippen molar-refractivity contribution in [1.82, 2.24) is 4.90 Å². The van der Waals surface area contributed by atoms with Crippen LogP contribution in [-0.4, -0.2) is 47.6 Å². The van der Waals surface area contributed by atoms with Crippen LogP contribution in [0.4, 0.5) is 11.4 Å². The van der Waals surface area contributed by atoms with Gasteiger partial charge in [0, 0.05) is 12.1 Å². The highest BCUT2D eigenvalue weighted by molar-refractivity contribution is 5.96. The standard InChI is InChI=1S/C13H19N3O4/c1-9(7-8-15(2)3)14-12-10(13(17)18)5-4-6-11(12)16(19)20/h4-6,9,14H,7-8H2,1-3H3,(H,17,18). The number of nitro groups is 1. The molecule has 1 atom stereocenters. The minimum Gasteiger partial charge on any atom is -0.478 e. The Hall–Kier alpha value is -2.15. The zero-order valence-corrected chi connectivity index (χ0v) is 11.8. The van der Waals surface area contributed by atoms with Gasteiger partial charge in [0.05, 0.1) is 10.5 Å². The molecule has 7 heteroatoms. The number of hydrogen-bond acceptors (Lipinski definition) is 5. The number of para-hydroxylation sites is 1. The number of rotatable bonds is 7. The van der Waals surface area contributed by atoms with Gasteiger partial charge in [-0.3, -0.25) is 10.1 Å². The third-order valence-electron chi connectivity index (χ3n) is 2.87. The number of carboxylic acids is 1. The van der Waals surface area contributed by atoms with Crippen LogP contribution in [0.15, 0.2) is 18.2 Å². The fraction of sp³-hybridized carbons (Fsp3) is 0.462. The van der Waals surface area contributed by atoms with Crippen LogP contribution in [0.25, 0.3) is 0 Å². The summed E-state index contributed by atoms with van der Waals surface area (Å²) in [5.41, 5.74) is -0.242. The van der Waals surface area contributed by atoms with Gasteiger partial charge in [-0.25, -0.2) is 4.79 Å². The van der Waals surface area contributed by atoms with Crippen LogP contribution >= 0.6 is 0 Å². The van der Waals surface area contributed by atoms with Crippen molar-refractivity contribution >= 4 is 17.3 Å². The summed E-state index contributed by atoms with van der Waals surface area (Å²) in [6.07, 6.45) is 0.748. The van der Waals surface area contributed by atoms with Crippen molar-refractivity contribution in [3.8, 4) is 0 Å². The Morgan fingerprint density at radius 2 is 2.15 bits per heavy atom. The zero-order valence-electron chi connectivity index (χ0n) is 11.8. The topological polar surface area (TPSA) is 95.7 Å². The van der Waals surface area contributed by atoms with Crippen LogP contribution < -0.4 is 5.32 Å². The lowest BCUT2D eigenvalue weighted by molar-refractivity contribution is -0.384. The molecule has 20 heavy (non-hydrogen) atoms. The van der Waals surface area contributed by atoms with Gasteiger partial charge in [0.2, 0.25) is 0 Å². The Kier molecular flexibility index (Phi) is 5.45. The predicted molar refractivity (Wildman–Crippen MR) is 76.3 cm³/mol. The van der Waals surface area contributed by atoms with Crippen molar-refractivity contribution in [2.45, 2.75) is 19.4 Å². The van der Waals surface area contributed by atoms with Crippen LogP contribution in [0.3, 0.4) is 0 Å². The molecule has 0 fully saturated rings.